The molecule has 1 amide bonds. The molecule has 112 valence electrons. The largest absolute Gasteiger partial charge is 0.437 e. The molecule has 4 nitrogen and oxygen atoms in total. The fourth-order valence-corrected chi connectivity index (χ4v) is 1.15. The molecule has 1 fully saturated rings. The molecule has 0 aromatic heterocycles. The molecule has 0 bridgehead atoms. The monoisotopic (exact) mass is 288 g/mol. The lowest BCUT2D eigenvalue weighted by molar-refractivity contribution is -0.200. The van der Waals surface area contributed by atoms with Crippen molar-refractivity contribution < 1.29 is 30.9 Å². The number of rotatable bonds is 1. The van der Waals surface area contributed by atoms with Gasteiger partial charge in [0.2, 0.25) is 0 Å². The molecule has 1 saturated heterocycles. The van der Waals surface area contributed by atoms with Crippen molar-refractivity contribution in [1.82, 2.24) is 9.80 Å². The van der Waals surface area contributed by atoms with Crippen LogP contribution in [0.15, 0.2) is 0 Å². The number of carbonyl (C=O) groups is 1. The minimum atomic E-state index is -5.25. The van der Waals surface area contributed by atoms with Crippen LogP contribution in [0.5, 0.6) is 0 Å². The molecule has 1 aliphatic rings. The molecule has 2 unspecified atom stereocenters. The smallest absolute Gasteiger partial charge is 0.425 e. The molecule has 1 aliphatic heterocycles. The van der Waals surface area contributed by atoms with Gasteiger partial charge in [-0.1, -0.05) is 0 Å². The van der Waals surface area contributed by atoms with Gasteiger partial charge in [0.05, 0.1) is 6.85 Å². The summed E-state index contributed by atoms with van der Waals surface area (Å²) in [7, 11) is 0. The third-order valence-corrected chi connectivity index (χ3v) is 2.43. The molecule has 19 heavy (non-hydrogen) atoms. The zero-order chi connectivity index (χ0) is 20.2. The highest BCUT2D eigenvalue weighted by Crippen LogP contribution is 2.23. The van der Waals surface area contributed by atoms with Crippen molar-refractivity contribution >= 4 is 6.09 Å². The van der Waals surface area contributed by atoms with E-state index in [4.69, 9.17) is 8.22 Å². The van der Waals surface area contributed by atoms with E-state index in [1.807, 2.05) is 0 Å². The second-order valence-corrected chi connectivity index (χ2v) is 4.97. The standard InChI is InChI=1S/C12H21F3N2O2/c1-9(12(13,14)15)19-10(18)16-5-7-17(8-6-16)11(2,3)4/h9H,5-8H2,1-4H3/i5D2,6D2,7D,9D. The van der Waals surface area contributed by atoms with E-state index in [0.29, 0.717) is 0 Å². The molecule has 0 aliphatic carbocycles. The van der Waals surface area contributed by atoms with Crippen LogP contribution < -0.4 is 0 Å². The number of hydrogen-bond acceptors (Lipinski definition) is 3. The quantitative estimate of drug-likeness (QED) is 0.743. The highest BCUT2D eigenvalue weighted by Gasteiger charge is 2.40. The van der Waals surface area contributed by atoms with Crippen LogP contribution >= 0.6 is 0 Å². The first-order valence-corrected chi connectivity index (χ1v) is 5.54. The molecule has 0 radical (unpaired) electrons. The van der Waals surface area contributed by atoms with Gasteiger partial charge in [-0.05, 0) is 27.7 Å². The van der Waals surface area contributed by atoms with Crippen LogP contribution in [-0.4, -0.2) is 59.7 Å². The summed E-state index contributed by atoms with van der Waals surface area (Å²) >= 11 is 0. The number of nitrogens with zero attached hydrogens (tertiary/aromatic N) is 2. The molecular formula is C12H21F3N2O2. The molecule has 0 saturated carbocycles. The maximum Gasteiger partial charge on any atom is 0.425 e. The third-order valence-electron chi connectivity index (χ3n) is 2.43. The first-order chi connectivity index (χ1) is 10.7. The van der Waals surface area contributed by atoms with Gasteiger partial charge in [0.1, 0.15) is 0 Å². The molecule has 7 heteroatoms. The molecule has 1 heterocycles. The van der Waals surface area contributed by atoms with Crippen LogP contribution in [0.1, 0.15) is 35.9 Å². The second-order valence-electron chi connectivity index (χ2n) is 4.97. The molecule has 2 atom stereocenters. The Morgan fingerprint density at radius 1 is 1.37 bits per heavy atom. The second kappa shape index (κ2) is 5.56. The number of hydrogen-bond donors (Lipinski definition) is 0. The number of alkyl halides is 3. The Labute approximate surface area is 119 Å². The number of carbonyl (C=O) groups excluding carboxylic acids is 1. The van der Waals surface area contributed by atoms with E-state index >= 15 is 0 Å². The predicted molar refractivity (Wildman–Crippen MR) is 64.9 cm³/mol. The zero-order valence-electron chi connectivity index (χ0n) is 17.1. The van der Waals surface area contributed by atoms with Gasteiger partial charge < -0.3 is 9.64 Å². The van der Waals surface area contributed by atoms with E-state index in [0.717, 1.165) is 4.90 Å². The van der Waals surface area contributed by atoms with Crippen LogP contribution in [0.25, 0.3) is 0 Å². The Kier molecular flexibility index (Phi) is 2.65. The molecular weight excluding hydrogens is 261 g/mol. The lowest BCUT2D eigenvalue weighted by Gasteiger charge is -2.42. The first kappa shape index (κ1) is 9.05. The van der Waals surface area contributed by atoms with Crippen LogP contribution in [0.2, 0.25) is 0 Å². The number of piperazine rings is 1. The highest BCUT2D eigenvalue weighted by atomic mass is 19.4. The van der Waals surface area contributed by atoms with Gasteiger partial charge in [-0.25, -0.2) is 4.79 Å². The van der Waals surface area contributed by atoms with Gasteiger partial charge >= 0.3 is 12.3 Å². The summed E-state index contributed by atoms with van der Waals surface area (Å²) in [6, 6.07) is 0. The first-order valence-electron chi connectivity index (χ1n) is 8.62. The van der Waals surface area contributed by atoms with Gasteiger partial charge in [-0.15, -0.1) is 0 Å². The van der Waals surface area contributed by atoms with Crippen molar-refractivity contribution in [2.45, 2.75) is 45.5 Å². The summed E-state index contributed by atoms with van der Waals surface area (Å²) in [5.41, 5.74) is -0.834. The minimum absolute atomic E-state index is 0.168. The van der Waals surface area contributed by atoms with Gasteiger partial charge in [-0.2, -0.15) is 13.2 Å². The average molecular weight is 288 g/mol. The van der Waals surface area contributed by atoms with Gasteiger partial charge in [0, 0.05) is 33.0 Å². The summed E-state index contributed by atoms with van der Waals surface area (Å²) in [4.78, 5) is 13.1. The van der Waals surface area contributed by atoms with E-state index in [1.165, 1.54) is 0 Å². The molecule has 0 spiro atoms. The van der Waals surface area contributed by atoms with Gasteiger partial charge in [0.15, 0.2) is 6.08 Å². The Hall–Kier alpha value is -0.980. The van der Waals surface area contributed by atoms with Crippen molar-refractivity contribution in [1.29, 1.82) is 0 Å². The van der Waals surface area contributed by atoms with E-state index in [-0.39, 0.29) is 11.8 Å². The number of halogens is 3. The van der Waals surface area contributed by atoms with Crippen LogP contribution in [-0.2, 0) is 4.74 Å². The summed E-state index contributed by atoms with van der Waals surface area (Å²) < 4.78 is 89.0. The molecule has 0 N–H and O–H groups in total. The fourth-order valence-electron chi connectivity index (χ4n) is 1.15. The Bertz CT molecular complexity index is 536. The third kappa shape index (κ3) is 4.56. The molecule has 1 rings (SSSR count). The maximum atomic E-state index is 12.7. The summed E-state index contributed by atoms with van der Waals surface area (Å²) in [5.74, 6) is 0. The molecule has 0 aromatic rings. The minimum Gasteiger partial charge on any atom is -0.437 e. The molecule has 0 aromatic carbocycles. The fraction of sp³-hybridized carbons (Fsp3) is 0.917. The van der Waals surface area contributed by atoms with E-state index in [1.54, 1.807) is 20.8 Å². The van der Waals surface area contributed by atoms with E-state index in [2.05, 4.69) is 4.74 Å². The SMILES string of the molecule is [2H]C1N(C(C)(C)C)CC([2H])([2H])N(C(=O)OC([2H])(C)C(F)(F)F)C1([2H])[2H]. The summed E-state index contributed by atoms with van der Waals surface area (Å²) in [6.45, 7) is -3.05. The zero-order valence-corrected chi connectivity index (χ0v) is 11.1. The summed E-state index contributed by atoms with van der Waals surface area (Å²) in [6.07, 6.45) is -10.9. The lowest BCUT2D eigenvalue weighted by atomic mass is 10.1. The lowest BCUT2D eigenvalue weighted by Crippen LogP contribution is -2.55. The van der Waals surface area contributed by atoms with Crippen LogP contribution in [0, 0.1) is 0 Å². The summed E-state index contributed by atoms with van der Waals surface area (Å²) in [5, 5.41) is 0. The van der Waals surface area contributed by atoms with Crippen molar-refractivity contribution in [2.75, 3.05) is 26.1 Å². The van der Waals surface area contributed by atoms with Crippen molar-refractivity contribution in [3.05, 3.63) is 0 Å². The Morgan fingerprint density at radius 3 is 2.42 bits per heavy atom. The van der Waals surface area contributed by atoms with Crippen LogP contribution in [0.3, 0.4) is 0 Å². The number of ether oxygens (including phenoxy) is 1. The van der Waals surface area contributed by atoms with Crippen LogP contribution in [0.4, 0.5) is 18.0 Å². The van der Waals surface area contributed by atoms with Gasteiger partial charge in [-0.3, -0.25) is 4.90 Å². The Balaban J connectivity index is 3.25. The van der Waals surface area contributed by atoms with Crippen molar-refractivity contribution in [3.63, 3.8) is 0 Å². The van der Waals surface area contributed by atoms with Crippen molar-refractivity contribution in [3.8, 4) is 0 Å². The Morgan fingerprint density at radius 2 is 1.95 bits per heavy atom. The maximum absolute atomic E-state index is 12.7. The van der Waals surface area contributed by atoms with E-state index < -0.39 is 49.9 Å². The normalized spacial score (nSPS) is 35.7. The topological polar surface area (TPSA) is 32.8 Å². The van der Waals surface area contributed by atoms with Gasteiger partial charge in [0.25, 0.3) is 0 Å². The highest BCUT2D eigenvalue weighted by molar-refractivity contribution is 5.68. The predicted octanol–water partition coefficient (Wildman–Crippen LogP) is 2.49. The van der Waals surface area contributed by atoms with E-state index in [9.17, 15) is 18.0 Å². The van der Waals surface area contributed by atoms with Crippen molar-refractivity contribution in [2.24, 2.45) is 0 Å². The number of amides is 1. The average Bonchev–Trinajstić information content (AvgIpc) is 2.29.